The summed E-state index contributed by atoms with van der Waals surface area (Å²) in [5.41, 5.74) is 5.38. The molecule has 0 aliphatic heterocycles. The van der Waals surface area contributed by atoms with Gasteiger partial charge in [-0.2, -0.15) is 0 Å². The highest BCUT2D eigenvalue weighted by molar-refractivity contribution is 5.81. The molecule has 0 saturated carbocycles. The molecule has 0 radical (unpaired) electrons. The summed E-state index contributed by atoms with van der Waals surface area (Å²) < 4.78 is 25.6. The summed E-state index contributed by atoms with van der Waals surface area (Å²) in [6, 6.07) is 4.16. The van der Waals surface area contributed by atoms with Crippen LogP contribution in [0.15, 0.2) is 18.2 Å². The van der Waals surface area contributed by atoms with Crippen molar-refractivity contribution in [1.29, 1.82) is 0 Å². The van der Waals surface area contributed by atoms with Gasteiger partial charge in [-0.3, -0.25) is 4.79 Å². The van der Waals surface area contributed by atoms with Gasteiger partial charge in [-0.25, -0.2) is 8.78 Å². The van der Waals surface area contributed by atoms with Crippen LogP contribution < -0.4 is 16.4 Å². The zero-order chi connectivity index (χ0) is 14.6. The molecule has 0 heterocycles. The average Bonchev–Trinajstić information content (AvgIpc) is 2.24. The first-order chi connectivity index (χ1) is 8.69. The molecular weight excluding hydrogens is 252 g/mol. The van der Waals surface area contributed by atoms with Crippen molar-refractivity contribution < 1.29 is 13.6 Å². The molecule has 19 heavy (non-hydrogen) atoms. The van der Waals surface area contributed by atoms with Crippen molar-refractivity contribution in [2.75, 3.05) is 17.6 Å². The van der Waals surface area contributed by atoms with Crippen molar-refractivity contribution in [3.8, 4) is 0 Å². The quantitative estimate of drug-likeness (QED) is 0.737. The van der Waals surface area contributed by atoms with Gasteiger partial charge in [0, 0.05) is 22.5 Å². The topological polar surface area (TPSA) is 67.2 Å². The summed E-state index contributed by atoms with van der Waals surface area (Å²) >= 11 is 0. The minimum Gasteiger partial charge on any atom is -0.399 e. The van der Waals surface area contributed by atoms with E-state index in [1.807, 2.05) is 20.8 Å². The molecule has 0 aliphatic rings. The van der Waals surface area contributed by atoms with E-state index in [2.05, 4.69) is 10.6 Å². The van der Waals surface area contributed by atoms with E-state index in [1.54, 1.807) is 0 Å². The molecule has 0 aromatic heterocycles. The van der Waals surface area contributed by atoms with E-state index in [4.69, 9.17) is 5.73 Å². The highest BCUT2D eigenvalue weighted by atomic mass is 19.3. The van der Waals surface area contributed by atoms with Gasteiger partial charge in [0.15, 0.2) is 0 Å². The number of nitrogen functional groups attached to an aromatic ring is 1. The summed E-state index contributed by atoms with van der Waals surface area (Å²) in [5.74, 6) is -0.260. The maximum Gasteiger partial charge on any atom is 0.265 e. The summed E-state index contributed by atoms with van der Waals surface area (Å²) in [6.45, 7) is 5.47. The first kappa shape index (κ1) is 15.2. The average molecular weight is 271 g/mol. The number of alkyl halides is 2. The SMILES string of the molecule is CC(C)(C)NC(=O)CNc1ccc(N)cc1C(F)F. The van der Waals surface area contributed by atoms with E-state index in [9.17, 15) is 13.6 Å². The number of amides is 1. The minimum atomic E-state index is -2.64. The minimum absolute atomic E-state index is 0.0685. The summed E-state index contributed by atoms with van der Waals surface area (Å²) in [7, 11) is 0. The fourth-order valence-electron chi connectivity index (χ4n) is 1.56. The first-order valence-electron chi connectivity index (χ1n) is 5.91. The zero-order valence-corrected chi connectivity index (χ0v) is 11.3. The van der Waals surface area contributed by atoms with Crippen LogP contribution in [0.25, 0.3) is 0 Å². The summed E-state index contributed by atoms with van der Waals surface area (Å²) in [4.78, 5) is 11.6. The molecule has 106 valence electrons. The van der Waals surface area contributed by atoms with Crippen LogP contribution in [0.2, 0.25) is 0 Å². The van der Waals surface area contributed by atoms with Gasteiger partial charge in [0.1, 0.15) is 0 Å². The predicted octanol–water partition coefficient (Wildman–Crippen LogP) is 2.53. The molecular formula is C13H19F2N3O. The van der Waals surface area contributed by atoms with Crippen molar-refractivity contribution >= 4 is 17.3 Å². The molecule has 0 saturated heterocycles. The third kappa shape index (κ3) is 5.11. The number of halogens is 2. The number of nitrogens with one attached hydrogen (secondary N) is 2. The molecule has 0 atom stereocenters. The van der Waals surface area contributed by atoms with Gasteiger partial charge in [-0.05, 0) is 39.0 Å². The Labute approximate surface area is 111 Å². The maximum absolute atomic E-state index is 12.8. The monoisotopic (exact) mass is 271 g/mol. The summed E-state index contributed by atoms with van der Waals surface area (Å²) in [6.07, 6.45) is -2.64. The number of carbonyl (C=O) groups excluding carboxylic acids is 1. The fourth-order valence-corrected chi connectivity index (χ4v) is 1.56. The lowest BCUT2D eigenvalue weighted by atomic mass is 10.1. The van der Waals surface area contributed by atoms with Gasteiger partial charge < -0.3 is 16.4 Å². The predicted molar refractivity (Wildman–Crippen MR) is 72.2 cm³/mol. The van der Waals surface area contributed by atoms with Crippen LogP contribution in [0.5, 0.6) is 0 Å². The standard InChI is InChI=1S/C13H19F2N3O/c1-13(2,3)18-11(19)7-17-10-5-4-8(16)6-9(10)12(14)15/h4-6,12,17H,7,16H2,1-3H3,(H,18,19). The number of nitrogens with two attached hydrogens (primary N) is 1. The number of carbonyl (C=O) groups is 1. The molecule has 1 amide bonds. The number of anilines is 2. The van der Waals surface area contributed by atoms with Crippen LogP contribution in [-0.2, 0) is 4.79 Å². The molecule has 1 aromatic carbocycles. The molecule has 1 rings (SSSR count). The van der Waals surface area contributed by atoms with Gasteiger partial charge in [-0.1, -0.05) is 0 Å². The van der Waals surface area contributed by atoms with Crippen molar-refractivity contribution in [2.45, 2.75) is 32.7 Å². The largest absolute Gasteiger partial charge is 0.399 e. The van der Waals surface area contributed by atoms with E-state index in [0.717, 1.165) is 0 Å². The van der Waals surface area contributed by atoms with Crippen LogP contribution in [0.1, 0.15) is 32.8 Å². The molecule has 4 N–H and O–H groups in total. The van der Waals surface area contributed by atoms with Crippen LogP contribution in [0, 0.1) is 0 Å². The van der Waals surface area contributed by atoms with E-state index < -0.39 is 6.43 Å². The van der Waals surface area contributed by atoms with Crippen LogP contribution in [0.4, 0.5) is 20.2 Å². The Bertz CT molecular complexity index is 456. The normalized spacial score (nSPS) is 11.5. The Morgan fingerprint density at radius 3 is 2.53 bits per heavy atom. The van der Waals surface area contributed by atoms with E-state index in [-0.39, 0.29) is 34.9 Å². The third-order valence-corrected chi connectivity index (χ3v) is 2.26. The second-order valence-electron chi connectivity index (χ2n) is 5.30. The van der Waals surface area contributed by atoms with Gasteiger partial charge in [-0.15, -0.1) is 0 Å². The van der Waals surface area contributed by atoms with Crippen LogP contribution in [0.3, 0.4) is 0 Å². The highest BCUT2D eigenvalue weighted by Crippen LogP contribution is 2.28. The Morgan fingerprint density at radius 2 is 2.00 bits per heavy atom. The van der Waals surface area contributed by atoms with Crippen LogP contribution >= 0.6 is 0 Å². The molecule has 0 unspecified atom stereocenters. The van der Waals surface area contributed by atoms with Crippen LogP contribution in [-0.4, -0.2) is 18.0 Å². The molecule has 1 aromatic rings. The van der Waals surface area contributed by atoms with Crippen molar-refractivity contribution in [3.05, 3.63) is 23.8 Å². The second-order valence-corrected chi connectivity index (χ2v) is 5.30. The van der Waals surface area contributed by atoms with Crippen molar-refractivity contribution in [2.24, 2.45) is 0 Å². The summed E-state index contributed by atoms with van der Waals surface area (Å²) in [5, 5.41) is 5.43. The second kappa shape index (κ2) is 5.86. The Morgan fingerprint density at radius 1 is 1.37 bits per heavy atom. The zero-order valence-electron chi connectivity index (χ0n) is 11.3. The van der Waals surface area contributed by atoms with E-state index >= 15 is 0 Å². The number of hydrogen-bond acceptors (Lipinski definition) is 3. The molecule has 0 bridgehead atoms. The molecule has 4 nitrogen and oxygen atoms in total. The highest BCUT2D eigenvalue weighted by Gasteiger charge is 2.16. The third-order valence-electron chi connectivity index (χ3n) is 2.26. The lowest BCUT2D eigenvalue weighted by Gasteiger charge is -2.21. The maximum atomic E-state index is 12.8. The molecule has 0 spiro atoms. The Hall–Kier alpha value is -1.85. The Kier molecular flexibility index (Phi) is 4.69. The smallest absolute Gasteiger partial charge is 0.265 e. The van der Waals surface area contributed by atoms with Gasteiger partial charge >= 0.3 is 0 Å². The van der Waals surface area contributed by atoms with Crippen molar-refractivity contribution in [1.82, 2.24) is 5.32 Å². The molecule has 6 heteroatoms. The lowest BCUT2D eigenvalue weighted by Crippen LogP contribution is -2.43. The van der Waals surface area contributed by atoms with Gasteiger partial charge in [0.25, 0.3) is 6.43 Å². The van der Waals surface area contributed by atoms with Gasteiger partial charge in [0.05, 0.1) is 6.54 Å². The number of rotatable bonds is 4. The number of benzene rings is 1. The van der Waals surface area contributed by atoms with E-state index in [0.29, 0.717) is 0 Å². The molecule has 0 fully saturated rings. The first-order valence-corrected chi connectivity index (χ1v) is 5.91. The van der Waals surface area contributed by atoms with Crippen molar-refractivity contribution in [3.63, 3.8) is 0 Å². The van der Waals surface area contributed by atoms with E-state index in [1.165, 1.54) is 18.2 Å². The fraction of sp³-hybridized carbons (Fsp3) is 0.462. The molecule has 0 aliphatic carbocycles. The van der Waals surface area contributed by atoms with Gasteiger partial charge in [0.2, 0.25) is 5.91 Å². The number of hydrogen-bond donors (Lipinski definition) is 3. The lowest BCUT2D eigenvalue weighted by molar-refractivity contribution is -0.120. The Balaban J connectivity index is 2.70.